The number of fused-ring (bicyclic) bond motifs is 2. The van der Waals surface area contributed by atoms with E-state index in [0.29, 0.717) is 35.7 Å². The summed E-state index contributed by atoms with van der Waals surface area (Å²) in [5.74, 6) is 0.481. The van der Waals surface area contributed by atoms with Crippen LogP contribution in [0.2, 0.25) is 0 Å². The third-order valence-electron chi connectivity index (χ3n) is 6.35. The van der Waals surface area contributed by atoms with Crippen molar-refractivity contribution in [3.05, 3.63) is 100 Å². The van der Waals surface area contributed by atoms with E-state index in [4.69, 9.17) is 4.52 Å². The largest absolute Gasteiger partial charge is 0.336 e. The topological polar surface area (TPSA) is 94.1 Å². The van der Waals surface area contributed by atoms with Crippen LogP contribution in [0.3, 0.4) is 0 Å². The van der Waals surface area contributed by atoms with Gasteiger partial charge in [-0.2, -0.15) is 4.98 Å². The highest BCUT2D eigenvalue weighted by molar-refractivity contribution is 5.93. The number of carbonyl (C=O) groups excluding carboxylic acids is 1. The van der Waals surface area contributed by atoms with Gasteiger partial charge in [0.1, 0.15) is 12.2 Å². The summed E-state index contributed by atoms with van der Waals surface area (Å²) in [4.78, 5) is 36.9. The standard InChI is InChI=1S/C27H21N5O3/c33-24-15-21(27-29-26(30-35-27)22-10-5-6-13-28-22)20-9-3-4-11-23(20)32(24)17-25(34)31-14-12-18-7-1-2-8-19(18)16-31/h1-11,13,15H,12,14,16-17H2. The third-order valence-corrected chi connectivity index (χ3v) is 6.35. The van der Waals surface area contributed by atoms with Gasteiger partial charge in [0.25, 0.3) is 11.4 Å². The van der Waals surface area contributed by atoms with Crippen LogP contribution in [0.1, 0.15) is 11.1 Å². The molecular weight excluding hydrogens is 442 g/mol. The summed E-state index contributed by atoms with van der Waals surface area (Å²) in [7, 11) is 0. The average molecular weight is 463 g/mol. The van der Waals surface area contributed by atoms with Crippen molar-refractivity contribution < 1.29 is 9.32 Å². The van der Waals surface area contributed by atoms with Crippen molar-refractivity contribution in [2.75, 3.05) is 6.54 Å². The Morgan fingerprint density at radius 2 is 1.77 bits per heavy atom. The Balaban J connectivity index is 1.34. The Morgan fingerprint density at radius 1 is 0.971 bits per heavy atom. The van der Waals surface area contributed by atoms with Crippen LogP contribution in [-0.2, 0) is 24.3 Å². The molecule has 0 N–H and O–H groups in total. The van der Waals surface area contributed by atoms with E-state index in [2.05, 4.69) is 27.3 Å². The fourth-order valence-corrected chi connectivity index (χ4v) is 4.55. The third kappa shape index (κ3) is 3.89. The van der Waals surface area contributed by atoms with E-state index in [9.17, 15) is 9.59 Å². The van der Waals surface area contributed by atoms with Crippen molar-refractivity contribution in [2.45, 2.75) is 19.5 Å². The second kappa shape index (κ2) is 8.64. The van der Waals surface area contributed by atoms with Crippen molar-refractivity contribution in [3.8, 4) is 23.0 Å². The van der Waals surface area contributed by atoms with E-state index < -0.39 is 0 Å². The highest BCUT2D eigenvalue weighted by atomic mass is 16.5. The maximum absolute atomic E-state index is 13.2. The van der Waals surface area contributed by atoms with Crippen LogP contribution in [0, 0.1) is 0 Å². The molecule has 0 unspecified atom stereocenters. The van der Waals surface area contributed by atoms with Gasteiger partial charge in [0.2, 0.25) is 11.7 Å². The number of para-hydroxylation sites is 1. The number of rotatable bonds is 4. The van der Waals surface area contributed by atoms with Gasteiger partial charge in [0.05, 0.1) is 11.1 Å². The maximum atomic E-state index is 13.2. The Bertz CT molecular complexity index is 1610. The summed E-state index contributed by atoms with van der Waals surface area (Å²) in [6.07, 6.45) is 2.46. The molecular formula is C27H21N5O3. The van der Waals surface area contributed by atoms with E-state index >= 15 is 0 Å². The molecule has 2 aromatic carbocycles. The zero-order valence-corrected chi connectivity index (χ0v) is 18.8. The Morgan fingerprint density at radius 3 is 2.63 bits per heavy atom. The van der Waals surface area contributed by atoms with Crippen molar-refractivity contribution in [3.63, 3.8) is 0 Å². The van der Waals surface area contributed by atoms with Crippen molar-refractivity contribution in [1.82, 2.24) is 24.6 Å². The number of amides is 1. The smallest absolute Gasteiger partial charge is 0.259 e. The monoisotopic (exact) mass is 463 g/mol. The molecule has 35 heavy (non-hydrogen) atoms. The number of aromatic nitrogens is 4. The van der Waals surface area contributed by atoms with Crippen LogP contribution in [-0.4, -0.2) is 37.0 Å². The van der Waals surface area contributed by atoms with Gasteiger partial charge in [-0.15, -0.1) is 0 Å². The van der Waals surface area contributed by atoms with Crippen LogP contribution < -0.4 is 5.56 Å². The van der Waals surface area contributed by atoms with E-state index in [-0.39, 0.29) is 23.9 Å². The lowest BCUT2D eigenvalue weighted by molar-refractivity contribution is -0.132. The number of pyridine rings is 2. The number of benzene rings is 2. The van der Waals surface area contributed by atoms with Gasteiger partial charge in [-0.25, -0.2) is 0 Å². The molecule has 8 heteroatoms. The van der Waals surface area contributed by atoms with E-state index in [1.165, 1.54) is 16.2 Å². The minimum atomic E-state index is -0.304. The van der Waals surface area contributed by atoms with Crippen LogP contribution in [0.15, 0.2) is 88.3 Å². The van der Waals surface area contributed by atoms with Gasteiger partial charge in [0, 0.05) is 30.7 Å². The molecule has 3 aromatic heterocycles. The van der Waals surface area contributed by atoms with Gasteiger partial charge < -0.3 is 9.42 Å². The normalized spacial score (nSPS) is 13.1. The number of hydrogen-bond acceptors (Lipinski definition) is 6. The van der Waals surface area contributed by atoms with Crippen LogP contribution in [0.5, 0.6) is 0 Å². The lowest BCUT2D eigenvalue weighted by atomic mass is 10.00. The minimum absolute atomic E-state index is 0.0369. The first-order chi connectivity index (χ1) is 17.2. The maximum Gasteiger partial charge on any atom is 0.259 e. The van der Waals surface area contributed by atoms with Gasteiger partial charge >= 0.3 is 0 Å². The molecule has 1 aliphatic heterocycles. The summed E-state index contributed by atoms with van der Waals surface area (Å²) >= 11 is 0. The summed E-state index contributed by atoms with van der Waals surface area (Å²) < 4.78 is 7.00. The molecule has 6 rings (SSSR count). The van der Waals surface area contributed by atoms with Crippen LogP contribution >= 0.6 is 0 Å². The van der Waals surface area contributed by atoms with Gasteiger partial charge in [-0.1, -0.05) is 53.7 Å². The second-order valence-corrected chi connectivity index (χ2v) is 8.47. The fraction of sp³-hybridized carbons (Fsp3) is 0.148. The van der Waals surface area contributed by atoms with Crippen molar-refractivity contribution in [2.24, 2.45) is 0 Å². The molecule has 0 atom stereocenters. The van der Waals surface area contributed by atoms with Gasteiger partial charge in [-0.3, -0.25) is 19.1 Å². The molecule has 8 nitrogen and oxygen atoms in total. The number of nitrogens with zero attached hydrogens (tertiary/aromatic N) is 5. The predicted molar refractivity (Wildman–Crippen MR) is 130 cm³/mol. The predicted octanol–water partition coefficient (Wildman–Crippen LogP) is 3.70. The lowest BCUT2D eigenvalue weighted by Gasteiger charge is -2.29. The first-order valence-electron chi connectivity index (χ1n) is 11.4. The second-order valence-electron chi connectivity index (χ2n) is 8.47. The molecule has 4 heterocycles. The molecule has 0 fully saturated rings. The molecule has 1 amide bonds. The Labute approximate surface area is 200 Å². The highest BCUT2D eigenvalue weighted by Gasteiger charge is 2.23. The van der Waals surface area contributed by atoms with E-state index in [1.54, 1.807) is 12.3 Å². The van der Waals surface area contributed by atoms with Gasteiger partial charge in [0.15, 0.2) is 0 Å². The summed E-state index contributed by atoms with van der Waals surface area (Å²) in [5.41, 5.74) is 3.86. The molecule has 1 aliphatic rings. The van der Waals surface area contributed by atoms with Crippen LogP contribution in [0.4, 0.5) is 0 Å². The number of hydrogen-bond donors (Lipinski definition) is 0. The molecule has 0 spiro atoms. The lowest BCUT2D eigenvalue weighted by Crippen LogP contribution is -2.39. The number of carbonyl (C=O) groups is 1. The molecule has 172 valence electrons. The minimum Gasteiger partial charge on any atom is -0.336 e. The SMILES string of the molecule is O=C(Cn1c(=O)cc(-c2nc(-c3ccccn3)no2)c2ccccc21)N1CCc2ccccc2C1. The highest BCUT2D eigenvalue weighted by Crippen LogP contribution is 2.28. The average Bonchev–Trinajstić information content (AvgIpc) is 3.40. The van der Waals surface area contributed by atoms with Crippen LogP contribution in [0.25, 0.3) is 33.9 Å². The first kappa shape index (κ1) is 21.0. The molecule has 5 aromatic rings. The fourth-order valence-electron chi connectivity index (χ4n) is 4.55. The van der Waals surface area contributed by atoms with Crippen molar-refractivity contribution in [1.29, 1.82) is 0 Å². The van der Waals surface area contributed by atoms with E-state index in [0.717, 1.165) is 17.4 Å². The molecule has 0 aliphatic carbocycles. The molecule has 0 saturated carbocycles. The zero-order chi connectivity index (χ0) is 23.8. The van der Waals surface area contributed by atoms with Crippen molar-refractivity contribution >= 4 is 16.8 Å². The summed E-state index contributed by atoms with van der Waals surface area (Å²) in [6, 6.07) is 22.5. The summed E-state index contributed by atoms with van der Waals surface area (Å²) in [6.45, 7) is 1.15. The molecule has 0 bridgehead atoms. The Kier molecular flexibility index (Phi) is 5.18. The van der Waals surface area contributed by atoms with E-state index in [1.807, 2.05) is 53.4 Å². The Hall–Kier alpha value is -4.59. The summed E-state index contributed by atoms with van der Waals surface area (Å²) in [5, 5.41) is 4.78. The zero-order valence-electron chi connectivity index (χ0n) is 18.8. The molecule has 0 saturated heterocycles. The van der Waals surface area contributed by atoms with Gasteiger partial charge in [-0.05, 0) is 35.7 Å². The quantitative estimate of drug-likeness (QED) is 0.403. The first-order valence-corrected chi connectivity index (χ1v) is 11.4. The molecule has 0 radical (unpaired) electrons.